The summed E-state index contributed by atoms with van der Waals surface area (Å²) >= 11 is 12.4. The minimum Gasteiger partial charge on any atom is -0.465 e. The Hall–Kier alpha value is -4.14. The molecule has 0 fully saturated rings. The highest BCUT2D eigenvalue weighted by molar-refractivity contribution is 6.53. The second-order valence-electron chi connectivity index (χ2n) is 7.75. The monoisotopic (exact) mass is 523 g/mol. The van der Waals surface area contributed by atoms with E-state index < -0.39 is 23.7 Å². The summed E-state index contributed by atoms with van der Waals surface area (Å²) in [4.78, 5) is 51.4. The van der Waals surface area contributed by atoms with Gasteiger partial charge in [0, 0.05) is 22.0 Å². The summed E-state index contributed by atoms with van der Waals surface area (Å²) in [5, 5.41) is 5.69. The van der Waals surface area contributed by atoms with Gasteiger partial charge < -0.3 is 15.4 Å². The number of carbonyl (C=O) groups is 4. The third-order valence-corrected chi connectivity index (χ3v) is 6.20. The molecule has 8 nitrogen and oxygen atoms in total. The SMILES string of the molecule is COC(=O)c1cccc(NC(=O)c2cccc(NC3=C(Cl)C(=O)N(c4cccc(Cl)c4C)C3=O)c2)c1. The van der Waals surface area contributed by atoms with Crippen molar-refractivity contribution < 1.29 is 23.9 Å². The van der Waals surface area contributed by atoms with Crippen molar-refractivity contribution in [2.45, 2.75) is 6.92 Å². The number of imide groups is 1. The number of anilines is 3. The lowest BCUT2D eigenvalue weighted by molar-refractivity contribution is -0.120. The molecule has 0 spiro atoms. The van der Waals surface area contributed by atoms with Crippen molar-refractivity contribution in [3.8, 4) is 0 Å². The van der Waals surface area contributed by atoms with E-state index in [0.717, 1.165) is 4.90 Å². The molecule has 0 aliphatic carbocycles. The maximum Gasteiger partial charge on any atom is 0.337 e. The molecule has 10 heteroatoms. The zero-order valence-corrected chi connectivity index (χ0v) is 20.6. The van der Waals surface area contributed by atoms with Crippen LogP contribution in [0.2, 0.25) is 5.02 Å². The van der Waals surface area contributed by atoms with Crippen LogP contribution in [0.3, 0.4) is 0 Å². The molecule has 1 heterocycles. The summed E-state index contributed by atoms with van der Waals surface area (Å²) in [5.41, 5.74) is 2.08. The van der Waals surface area contributed by atoms with Gasteiger partial charge in [-0.15, -0.1) is 0 Å². The number of carbonyl (C=O) groups excluding carboxylic acids is 4. The number of methoxy groups -OCH3 is 1. The van der Waals surface area contributed by atoms with Crippen LogP contribution in [0.1, 0.15) is 26.3 Å². The first-order valence-corrected chi connectivity index (χ1v) is 11.4. The van der Waals surface area contributed by atoms with Gasteiger partial charge in [0.05, 0.1) is 18.4 Å². The fourth-order valence-electron chi connectivity index (χ4n) is 3.60. The van der Waals surface area contributed by atoms with Crippen molar-refractivity contribution in [1.82, 2.24) is 0 Å². The summed E-state index contributed by atoms with van der Waals surface area (Å²) < 4.78 is 4.70. The molecule has 2 N–H and O–H groups in total. The van der Waals surface area contributed by atoms with Crippen LogP contribution in [-0.2, 0) is 14.3 Å². The average Bonchev–Trinajstić information content (AvgIpc) is 3.08. The Morgan fingerprint density at radius 2 is 1.50 bits per heavy atom. The number of benzene rings is 3. The van der Waals surface area contributed by atoms with Crippen LogP contribution in [0.25, 0.3) is 0 Å². The summed E-state index contributed by atoms with van der Waals surface area (Å²) in [6, 6.07) is 17.5. The predicted molar refractivity (Wildman–Crippen MR) is 137 cm³/mol. The molecule has 3 aromatic rings. The van der Waals surface area contributed by atoms with Crippen molar-refractivity contribution in [2.75, 3.05) is 22.6 Å². The molecule has 0 atom stereocenters. The number of halogens is 2. The largest absolute Gasteiger partial charge is 0.465 e. The minimum absolute atomic E-state index is 0.121. The van der Waals surface area contributed by atoms with Crippen LogP contribution in [-0.4, -0.2) is 30.8 Å². The zero-order valence-electron chi connectivity index (χ0n) is 19.1. The van der Waals surface area contributed by atoms with Gasteiger partial charge in [-0.2, -0.15) is 0 Å². The lowest BCUT2D eigenvalue weighted by Gasteiger charge is -2.18. The molecular formula is C26H19Cl2N3O5. The zero-order chi connectivity index (χ0) is 26.0. The van der Waals surface area contributed by atoms with E-state index >= 15 is 0 Å². The molecule has 0 saturated carbocycles. The molecule has 1 aliphatic heterocycles. The van der Waals surface area contributed by atoms with Crippen molar-refractivity contribution >= 4 is 64.0 Å². The van der Waals surface area contributed by atoms with E-state index in [0.29, 0.717) is 27.6 Å². The number of nitrogens with zero attached hydrogens (tertiary/aromatic N) is 1. The number of rotatable bonds is 6. The molecule has 0 bridgehead atoms. The van der Waals surface area contributed by atoms with E-state index in [4.69, 9.17) is 27.9 Å². The van der Waals surface area contributed by atoms with Crippen molar-refractivity contribution in [3.05, 3.63) is 99.2 Å². The highest BCUT2D eigenvalue weighted by Gasteiger charge is 2.39. The molecule has 1 aliphatic rings. The van der Waals surface area contributed by atoms with Gasteiger partial charge >= 0.3 is 5.97 Å². The van der Waals surface area contributed by atoms with Gasteiger partial charge in [0.15, 0.2) is 0 Å². The third-order valence-electron chi connectivity index (χ3n) is 5.44. The highest BCUT2D eigenvalue weighted by atomic mass is 35.5. The lowest BCUT2D eigenvalue weighted by Crippen LogP contribution is -2.32. The Bertz CT molecular complexity index is 1450. The lowest BCUT2D eigenvalue weighted by atomic mass is 10.1. The maximum atomic E-state index is 13.1. The summed E-state index contributed by atoms with van der Waals surface area (Å²) in [7, 11) is 1.27. The first-order valence-electron chi connectivity index (χ1n) is 10.6. The second-order valence-corrected chi connectivity index (χ2v) is 8.54. The number of amides is 3. The molecule has 0 aromatic heterocycles. The van der Waals surface area contributed by atoms with Crippen LogP contribution in [0.15, 0.2) is 77.5 Å². The Labute approximate surface area is 216 Å². The molecule has 36 heavy (non-hydrogen) atoms. The normalized spacial score (nSPS) is 13.2. The van der Waals surface area contributed by atoms with E-state index in [-0.39, 0.29) is 21.9 Å². The van der Waals surface area contributed by atoms with Crippen LogP contribution >= 0.6 is 23.2 Å². The molecule has 3 amide bonds. The van der Waals surface area contributed by atoms with Crippen LogP contribution < -0.4 is 15.5 Å². The Morgan fingerprint density at radius 3 is 2.22 bits per heavy atom. The smallest absolute Gasteiger partial charge is 0.337 e. The number of hydrogen-bond donors (Lipinski definition) is 2. The topological polar surface area (TPSA) is 105 Å². The summed E-state index contributed by atoms with van der Waals surface area (Å²) in [5.74, 6) is -2.32. The second kappa shape index (κ2) is 10.2. The molecule has 0 unspecified atom stereocenters. The Balaban J connectivity index is 1.54. The molecule has 0 radical (unpaired) electrons. The molecule has 3 aromatic carbocycles. The van der Waals surface area contributed by atoms with Gasteiger partial charge in [-0.25, -0.2) is 9.69 Å². The minimum atomic E-state index is -0.686. The molecular weight excluding hydrogens is 505 g/mol. The highest BCUT2D eigenvalue weighted by Crippen LogP contribution is 2.34. The third kappa shape index (κ3) is 4.82. The number of hydrogen-bond acceptors (Lipinski definition) is 6. The first-order chi connectivity index (χ1) is 17.2. The van der Waals surface area contributed by atoms with E-state index in [2.05, 4.69) is 10.6 Å². The first kappa shape index (κ1) is 25.0. The summed E-state index contributed by atoms with van der Waals surface area (Å²) in [6.07, 6.45) is 0. The van der Waals surface area contributed by atoms with Crippen molar-refractivity contribution in [1.29, 1.82) is 0 Å². The molecule has 0 saturated heterocycles. The standard InChI is InChI=1S/C26H19Cl2N3O5/c1-14-19(27)10-5-11-20(14)31-24(33)21(28)22(25(31)34)29-17-8-3-6-15(12-17)23(32)30-18-9-4-7-16(13-18)26(35)36-2/h3-13,29H,1-2H3,(H,30,32). The number of esters is 1. The number of ether oxygens (including phenoxy) is 1. The van der Waals surface area contributed by atoms with Gasteiger partial charge in [0.2, 0.25) is 0 Å². The van der Waals surface area contributed by atoms with Gasteiger partial charge in [-0.3, -0.25) is 14.4 Å². The fraction of sp³-hybridized carbons (Fsp3) is 0.0769. The Kier molecular flexibility index (Phi) is 7.10. The van der Waals surface area contributed by atoms with E-state index in [9.17, 15) is 19.2 Å². The quantitative estimate of drug-likeness (QED) is 0.343. The van der Waals surface area contributed by atoms with Gasteiger partial charge in [-0.05, 0) is 61.0 Å². The average molecular weight is 524 g/mol. The van der Waals surface area contributed by atoms with E-state index in [1.165, 1.54) is 19.2 Å². The van der Waals surface area contributed by atoms with Gasteiger partial charge in [0.1, 0.15) is 10.7 Å². The maximum absolute atomic E-state index is 13.1. The molecule has 182 valence electrons. The Morgan fingerprint density at radius 1 is 0.861 bits per heavy atom. The van der Waals surface area contributed by atoms with E-state index in [1.807, 2.05) is 0 Å². The van der Waals surface area contributed by atoms with Crippen LogP contribution in [0.5, 0.6) is 0 Å². The van der Waals surface area contributed by atoms with Crippen LogP contribution in [0, 0.1) is 6.92 Å². The van der Waals surface area contributed by atoms with Crippen molar-refractivity contribution in [3.63, 3.8) is 0 Å². The fourth-order valence-corrected chi connectivity index (χ4v) is 3.98. The van der Waals surface area contributed by atoms with E-state index in [1.54, 1.807) is 61.5 Å². The molecule has 4 rings (SSSR count). The number of nitrogens with one attached hydrogen (secondary N) is 2. The van der Waals surface area contributed by atoms with Crippen molar-refractivity contribution in [2.24, 2.45) is 0 Å². The van der Waals surface area contributed by atoms with Crippen LogP contribution in [0.4, 0.5) is 17.1 Å². The van der Waals surface area contributed by atoms with Gasteiger partial charge in [0.25, 0.3) is 17.7 Å². The predicted octanol–water partition coefficient (Wildman–Crippen LogP) is 5.12. The van der Waals surface area contributed by atoms with Gasteiger partial charge in [-0.1, -0.05) is 41.4 Å². The summed E-state index contributed by atoms with van der Waals surface area (Å²) in [6.45, 7) is 1.69.